The van der Waals surface area contributed by atoms with Crippen LogP contribution in [0.4, 0.5) is 10.1 Å². The van der Waals surface area contributed by atoms with E-state index in [1.165, 1.54) is 12.1 Å². The second-order valence-electron chi connectivity index (χ2n) is 8.35. The maximum Gasteiger partial charge on any atom is 0.186 e. The first-order valence-electron chi connectivity index (χ1n) is 11.0. The Morgan fingerprint density at radius 2 is 1.53 bits per heavy atom. The maximum absolute atomic E-state index is 14.0. The second-order valence-corrected chi connectivity index (χ2v) is 8.35. The maximum atomic E-state index is 14.0. The lowest BCUT2D eigenvalue weighted by atomic mass is 9.93. The molecule has 4 nitrogen and oxygen atoms in total. The van der Waals surface area contributed by atoms with Crippen molar-refractivity contribution < 1.29 is 9.18 Å². The molecule has 0 radical (unpaired) electrons. The van der Waals surface area contributed by atoms with E-state index in [1.807, 2.05) is 73.7 Å². The number of piperazine rings is 1. The van der Waals surface area contributed by atoms with Crippen molar-refractivity contribution in [2.75, 3.05) is 31.1 Å². The third kappa shape index (κ3) is 3.80. The summed E-state index contributed by atoms with van der Waals surface area (Å²) in [4.78, 5) is 21.9. The van der Waals surface area contributed by atoms with Crippen LogP contribution in [0, 0.1) is 12.7 Å². The fraction of sp³-hybridized carbons (Fsp3) is 0.222. The van der Waals surface area contributed by atoms with E-state index in [0.717, 1.165) is 59.6 Å². The number of carbonyl (C=O) groups is 1. The number of benzene rings is 3. The van der Waals surface area contributed by atoms with Gasteiger partial charge in [0.1, 0.15) is 5.82 Å². The number of aromatic amines is 1. The van der Waals surface area contributed by atoms with Crippen molar-refractivity contribution >= 4 is 22.4 Å². The molecule has 162 valence electrons. The van der Waals surface area contributed by atoms with Gasteiger partial charge in [-0.25, -0.2) is 4.39 Å². The number of nitrogens with one attached hydrogen (secondary N) is 1. The predicted octanol–water partition coefficient (Wildman–Crippen LogP) is 5.36. The van der Waals surface area contributed by atoms with E-state index in [0.29, 0.717) is 0 Å². The van der Waals surface area contributed by atoms with Crippen LogP contribution >= 0.6 is 0 Å². The molecule has 4 aromatic rings. The number of aryl methyl sites for hydroxylation is 1. The molecule has 5 heteroatoms. The molecule has 5 rings (SSSR count). The quantitative estimate of drug-likeness (QED) is 0.436. The first-order valence-corrected chi connectivity index (χ1v) is 11.0. The molecular formula is C27H26FN3O. The largest absolute Gasteiger partial charge is 0.369 e. The van der Waals surface area contributed by atoms with Crippen LogP contribution in [-0.2, 0) is 0 Å². The van der Waals surface area contributed by atoms with Gasteiger partial charge >= 0.3 is 0 Å². The van der Waals surface area contributed by atoms with E-state index in [9.17, 15) is 9.18 Å². The van der Waals surface area contributed by atoms with Gasteiger partial charge in [0.2, 0.25) is 0 Å². The smallest absolute Gasteiger partial charge is 0.186 e. The molecule has 2 heterocycles. The topological polar surface area (TPSA) is 39.3 Å². The van der Waals surface area contributed by atoms with Crippen LogP contribution in [0.25, 0.3) is 10.9 Å². The van der Waals surface area contributed by atoms with Gasteiger partial charge in [-0.1, -0.05) is 48.5 Å². The number of hydrogen-bond donors (Lipinski definition) is 1. The molecule has 0 amide bonds. The van der Waals surface area contributed by atoms with Crippen molar-refractivity contribution in [2.24, 2.45) is 0 Å². The Morgan fingerprint density at radius 3 is 2.25 bits per heavy atom. The van der Waals surface area contributed by atoms with Gasteiger partial charge < -0.3 is 9.88 Å². The SMILES string of the molecule is Cc1[nH]c2ccccc2c1C(=O)[C@@H](c1ccccc1)N1CCN(c2ccc(F)cc2)CC1. The molecule has 1 N–H and O–H groups in total. The zero-order chi connectivity index (χ0) is 22.1. The number of ketones is 1. The van der Waals surface area contributed by atoms with Crippen LogP contribution in [0.5, 0.6) is 0 Å². The number of nitrogens with zero attached hydrogens (tertiary/aromatic N) is 2. The summed E-state index contributed by atoms with van der Waals surface area (Å²) < 4.78 is 13.3. The number of hydrogen-bond acceptors (Lipinski definition) is 3. The van der Waals surface area contributed by atoms with Crippen LogP contribution in [0.1, 0.15) is 27.7 Å². The molecule has 1 aromatic heterocycles. The summed E-state index contributed by atoms with van der Waals surface area (Å²) in [5.41, 5.74) is 4.69. The lowest BCUT2D eigenvalue weighted by Crippen LogP contribution is -2.49. The molecule has 3 aromatic carbocycles. The highest BCUT2D eigenvalue weighted by molar-refractivity contribution is 6.11. The Morgan fingerprint density at radius 1 is 0.875 bits per heavy atom. The minimum atomic E-state index is -0.343. The van der Waals surface area contributed by atoms with Gasteiger partial charge in [0.25, 0.3) is 0 Å². The Kier molecular flexibility index (Phi) is 5.50. The summed E-state index contributed by atoms with van der Waals surface area (Å²) in [6.07, 6.45) is 0. The average Bonchev–Trinajstić information content (AvgIpc) is 3.16. The third-order valence-electron chi connectivity index (χ3n) is 6.37. The minimum Gasteiger partial charge on any atom is -0.369 e. The minimum absolute atomic E-state index is 0.126. The van der Waals surface area contributed by atoms with E-state index in [2.05, 4.69) is 14.8 Å². The predicted molar refractivity (Wildman–Crippen MR) is 127 cm³/mol. The van der Waals surface area contributed by atoms with Crippen molar-refractivity contribution in [1.29, 1.82) is 0 Å². The summed E-state index contributed by atoms with van der Waals surface area (Å²) in [7, 11) is 0. The Hall–Kier alpha value is -3.44. The van der Waals surface area contributed by atoms with Gasteiger partial charge in [0.15, 0.2) is 5.78 Å². The van der Waals surface area contributed by atoms with Crippen LogP contribution in [0.3, 0.4) is 0 Å². The first kappa shape index (κ1) is 20.5. The van der Waals surface area contributed by atoms with Crippen molar-refractivity contribution in [1.82, 2.24) is 9.88 Å². The highest BCUT2D eigenvalue weighted by Crippen LogP contribution is 2.32. The van der Waals surface area contributed by atoms with Gasteiger partial charge in [-0.15, -0.1) is 0 Å². The number of carbonyl (C=O) groups excluding carboxylic acids is 1. The van der Waals surface area contributed by atoms with Gasteiger partial charge in [-0.3, -0.25) is 9.69 Å². The van der Waals surface area contributed by atoms with Crippen LogP contribution in [0.15, 0.2) is 78.9 Å². The molecule has 1 atom stereocenters. The van der Waals surface area contributed by atoms with Gasteiger partial charge in [0.05, 0.1) is 6.04 Å². The molecule has 1 saturated heterocycles. The average molecular weight is 428 g/mol. The first-order chi connectivity index (χ1) is 15.6. The van der Waals surface area contributed by atoms with Crippen LogP contribution in [0.2, 0.25) is 0 Å². The second kappa shape index (κ2) is 8.60. The van der Waals surface area contributed by atoms with E-state index < -0.39 is 0 Å². The Balaban J connectivity index is 1.45. The molecule has 1 aliphatic heterocycles. The zero-order valence-electron chi connectivity index (χ0n) is 18.1. The number of rotatable bonds is 5. The lowest BCUT2D eigenvalue weighted by molar-refractivity contribution is 0.0807. The fourth-order valence-corrected chi connectivity index (χ4v) is 4.78. The van der Waals surface area contributed by atoms with Crippen molar-refractivity contribution in [2.45, 2.75) is 13.0 Å². The molecule has 1 aliphatic rings. The van der Waals surface area contributed by atoms with Gasteiger partial charge in [-0.05, 0) is 42.8 Å². The highest BCUT2D eigenvalue weighted by Gasteiger charge is 2.33. The number of aromatic nitrogens is 1. The van der Waals surface area contributed by atoms with E-state index in [1.54, 1.807) is 0 Å². The normalized spacial score (nSPS) is 15.8. The number of fused-ring (bicyclic) bond motifs is 1. The number of Topliss-reactive ketones (excluding diaryl/α,β-unsaturated/α-hetero) is 1. The molecule has 0 bridgehead atoms. The molecule has 32 heavy (non-hydrogen) atoms. The number of halogens is 1. The summed E-state index contributed by atoms with van der Waals surface area (Å²) >= 11 is 0. The van der Waals surface area contributed by atoms with Gasteiger partial charge in [-0.2, -0.15) is 0 Å². The summed E-state index contributed by atoms with van der Waals surface area (Å²) in [6.45, 7) is 5.06. The highest BCUT2D eigenvalue weighted by atomic mass is 19.1. The number of anilines is 1. The molecule has 0 spiro atoms. The molecule has 0 unspecified atom stereocenters. The van der Waals surface area contributed by atoms with Crippen molar-refractivity contribution in [3.63, 3.8) is 0 Å². The van der Waals surface area contributed by atoms with Gasteiger partial charge in [0, 0.05) is 54.0 Å². The summed E-state index contributed by atoms with van der Waals surface area (Å²) in [6, 6.07) is 24.3. The van der Waals surface area contributed by atoms with E-state index in [4.69, 9.17) is 0 Å². The Labute approximate surface area is 187 Å². The Bertz CT molecular complexity index is 1220. The van der Waals surface area contributed by atoms with Crippen molar-refractivity contribution in [3.05, 3.63) is 102 Å². The van der Waals surface area contributed by atoms with E-state index >= 15 is 0 Å². The van der Waals surface area contributed by atoms with Crippen LogP contribution < -0.4 is 4.90 Å². The van der Waals surface area contributed by atoms with Crippen LogP contribution in [-0.4, -0.2) is 41.8 Å². The number of para-hydroxylation sites is 1. The summed E-state index contributed by atoms with van der Waals surface area (Å²) in [5.74, 6) is -0.0994. The fourth-order valence-electron chi connectivity index (χ4n) is 4.78. The molecule has 0 saturated carbocycles. The van der Waals surface area contributed by atoms with Crippen molar-refractivity contribution in [3.8, 4) is 0 Å². The van der Waals surface area contributed by atoms with E-state index in [-0.39, 0.29) is 17.6 Å². The summed E-state index contributed by atoms with van der Waals surface area (Å²) in [5, 5.41) is 0.973. The lowest BCUT2D eigenvalue weighted by Gasteiger charge is -2.40. The standard InChI is InChI=1S/C27H26FN3O/c1-19-25(23-9-5-6-10-24(23)29-19)27(32)26(20-7-3-2-4-8-20)31-17-15-30(16-18-31)22-13-11-21(28)12-14-22/h2-14,26,29H,15-18H2,1H3/t26-/m1/s1. The third-order valence-corrected chi connectivity index (χ3v) is 6.37. The number of H-pyrrole nitrogens is 1. The molecular weight excluding hydrogens is 401 g/mol. The molecule has 0 aliphatic carbocycles. The molecule has 1 fully saturated rings. The zero-order valence-corrected chi connectivity index (χ0v) is 18.1. The monoisotopic (exact) mass is 427 g/mol.